The molecule has 0 saturated carbocycles. The molecule has 1 aliphatic carbocycles. The van der Waals surface area contributed by atoms with Crippen LogP contribution in [-0.4, -0.2) is 9.97 Å². The monoisotopic (exact) mass is 1210 g/mol. The molecular weight excluding hydrogens is 1130 g/mol. The zero-order chi connectivity index (χ0) is 63.9. The van der Waals surface area contributed by atoms with Crippen molar-refractivity contribution in [3.63, 3.8) is 0 Å². The first-order valence-corrected chi connectivity index (χ1v) is 32.4. The maximum atomic E-state index is 7.75. The van der Waals surface area contributed by atoms with Crippen molar-refractivity contribution in [1.82, 2.24) is 9.97 Å². The Balaban J connectivity index is 1.11. The van der Waals surface area contributed by atoms with Crippen LogP contribution in [0.2, 0.25) is 0 Å². The molecule has 15 rings (SSSR count). The molecular formula is C87H74N4O2. The molecule has 0 amide bonds. The predicted molar refractivity (Wildman–Crippen MR) is 386 cm³/mol. The van der Waals surface area contributed by atoms with Crippen molar-refractivity contribution >= 4 is 56.3 Å². The SMILES string of the molecule is Cc1cccc(C)c1-c1nc2c(N(c3ccc(-c4ccccc4)cc3)c3ccc(C(C)(C)C)cc3)cc3c(c2o1)-c1c(cc(N(c2ccc(-c4ccccc4)cc2)c2ccc(C(C)(C)C)cc2)c2nc(-c4c(C)cccc4C)oc12)C3(c1ccccc1)c1ccccc1. The van der Waals surface area contributed by atoms with Crippen LogP contribution in [0.3, 0.4) is 0 Å². The summed E-state index contributed by atoms with van der Waals surface area (Å²) in [5.41, 5.74) is 26.5. The van der Waals surface area contributed by atoms with Gasteiger partial charge in [-0.15, -0.1) is 0 Å². The zero-order valence-corrected chi connectivity index (χ0v) is 54.5. The lowest BCUT2D eigenvalue weighted by Crippen LogP contribution is -2.29. The number of aromatic nitrogens is 2. The molecule has 2 aromatic heterocycles. The van der Waals surface area contributed by atoms with E-state index in [9.17, 15) is 0 Å². The van der Waals surface area contributed by atoms with E-state index in [1.165, 1.54) is 11.1 Å². The predicted octanol–water partition coefficient (Wildman–Crippen LogP) is 23.8. The van der Waals surface area contributed by atoms with Gasteiger partial charge in [0.15, 0.2) is 11.2 Å². The molecule has 0 atom stereocenters. The molecule has 0 saturated heterocycles. The van der Waals surface area contributed by atoms with Gasteiger partial charge in [0.05, 0.1) is 16.8 Å². The highest BCUT2D eigenvalue weighted by Gasteiger charge is 2.51. The second-order valence-electron chi connectivity index (χ2n) is 27.1. The molecule has 0 unspecified atom stereocenters. The molecule has 0 bridgehead atoms. The van der Waals surface area contributed by atoms with Crippen LogP contribution in [0.4, 0.5) is 34.1 Å². The van der Waals surface area contributed by atoms with Crippen LogP contribution in [0.1, 0.15) is 97.2 Å². The third kappa shape index (κ3) is 10.0. The lowest BCUT2D eigenvalue weighted by Gasteiger charge is -2.35. The molecule has 0 radical (unpaired) electrons. The zero-order valence-electron chi connectivity index (χ0n) is 54.5. The van der Waals surface area contributed by atoms with Gasteiger partial charge in [0.25, 0.3) is 0 Å². The number of oxazole rings is 2. The first-order valence-electron chi connectivity index (χ1n) is 32.4. The lowest BCUT2D eigenvalue weighted by molar-refractivity contribution is 0.590. The Morgan fingerprint density at radius 2 is 0.602 bits per heavy atom. The van der Waals surface area contributed by atoms with Crippen molar-refractivity contribution in [2.75, 3.05) is 9.80 Å². The van der Waals surface area contributed by atoms with Crippen LogP contribution in [0, 0.1) is 27.7 Å². The maximum Gasteiger partial charge on any atom is 0.227 e. The van der Waals surface area contributed by atoms with E-state index in [0.717, 1.165) is 123 Å². The van der Waals surface area contributed by atoms with Gasteiger partial charge in [0.2, 0.25) is 11.8 Å². The van der Waals surface area contributed by atoms with Crippen molar-refractivity contribution in [3.05, 3.63) is 323 Å². The molecule has 0 aliphatic heterocycles. The molecule has 0 spiro atoms. The highest BCUT2D eigenvalue weighted by Crippen LogP contribution is 2.63. The average Bonchev–Trinajstić information content (AvgIpc) is 1.52. The first-order chi connectivity index (χ1) is 45.0. The summed E-state index contributed by atoms with van der Waals surface area (Å²) < 4.78 is 15.5. The standard InChI is InChI=1S/C87H74N4O2/c1-55-25-23-26-56(2)75(55)83-88-79-73(90(69-49-41-63(42-50-69)85(5,6)7)67-45-37-61(38-46-67)59-29-15-11-16-30-59)53-71-77(81(79)92-83)78-72(87(71,65-33-19-13-20-34-65)66-35-21-14-22-36-66)54-74(80-82(78)93-84(89-80)76-57(3)27-24-28-58(76)4)91(70-51-43-64(44-52-70)86(8,9)10)68-47-39-62(40-48-68)60-31-17-12-18-32-60/h11-54H,1-10H3. The van der Waals surface area contributed by atoms with E-state index in [0.29, 0.717) is 34.0 Å². The van der Waals surface area contributed by atoms with Gasteiger partial charge in [0.1, 0.15) is 11.0 Å². The van der Waals surface area contributed by atoms with Crippen LogP contribution in [-0.2, 0) is 16.2 Å². The number of aryl methyl sites for hydroxylation is 4. The normalized spacial score (nSPS) is 12.7. The number of benzene rings is 12. The van der Waals surface area contributed by atoms with Gasteiger partial charge in [-0.05, 0) is 177 Å². The quantitative estimate of drug-likeness (QED) is 0.121. The summed E-state index contributed by atoms with van der Waals surface area (Å²) in [6.07, 6.45) is 0. The summed E-state index contributed by atoms with van der Waals surface area (Å²) in [4.78, 5) is 16.4. The Labute approximate surface area is 546 Å². The smallest absolute Gasteiger partial charge is 0.227 e. The number of rotatable bonds is 12. The van der Waals surface area contributed by atoms with Gasteiger partial charge in [-0.2, -0.15) is 0 Å². The molecule has 454 valence electrons. The number of nitrogens with zero attached hydrogens (tertiary/aromatic N) is 4. The van der Waals surface area contributed by atoms with E-state index in [-0.39, 0.29) is 10.8 Å². The molecule has 93 heavy (non-hydrogen) atoms. The molecule has 0 fully saturated rings. The summed E-state index contributed by atoms with van der Waals surface area (Å²) in [6.45, 7) is 22.2. The first kappa shape index (κ1) is 58.5. The second kappa shape index (κ2) is 22.8. The summed E-state index contributed by atoms with van der Waals surface area (Å²) >= 11 is 0. The van der Waals surface area contributed by atoms with Crippen molar-refractivity contribution in [3.8, 4) is 56.3 Å². The van der Waals surface area contributed by atoms with E-state index < -0.39 is 5.41 Å². The Morgan fingerprint density at radius 1 is 0.312 bits per heavy atom. The van der Waals surface area contributed by atoms with Crippen LogP contribution in [0.25, 0.3) is 78.5 Å². The molecule has 6 nitrogen and oxygen atoms in total. The summed E-state index contributed by atoms with van der Waals surface area (Å²) in [6, 6.07) is 97.1. The van der Waals surface area contributed by atoms with Crippen LogP contribution in [0.5, 0.6) is 0 Å². The Hall–Kier alpha value is -10.8. The minimum absolute atomic E-state index is 0.0789. The molecule has 2 heterocycles. The topological polar surface area (TPSA) is 58.5 Å². The third-order valence-electron chi connectivity index (χ3n) is 19.1. The van der Waals surface area contributed by atoms with Gasteiger partial charge < -0.3 is 18.6 Å². The Morgan fingerprint density at radius 3 is 0.914 bits per heavy atom. The van der Waals surface area contributed by atoms with Gasteiger partial charge in [0, 0.05) is 45.0 Å². The highest BCUT2D eigenvalue weighted by atomic mass is 16.4. The van der Waals surface area contributed by atoms with Gasteiger partial charge in [-0.25, -0.2) is 9.97 Å². The molecule has 1 aliphatic rings. The molecule has 6 heteroatoms. The van der Waals surface area contributed by atoms with E-state index in [1.54, 1.807) is 0 Å². The van der Waals surface area contributed by atoms with E-state index in [1.807, 2.05) is 0 Å². The van der Waals surface area contributed by atoms with Gasteiger partial charge in [-0.1, -0.05) is 248 Å². The lowest BCUT2D eigenvalue weighted by atomic mass is 9.67. The molecule has 14 aromatic rings. The number of hydrogen-bond acceptors (Lipinski definition) is 6. The molecule has 12 aromatic carbocycles. The fourth-order valence-corrected chi connectivity index (χ4v) is 14.3. The fraction of sp³-hybridized carbons (Fsp3) is 0.149. The van der Waals surface area contributed by atoms with Crippen molar-refractivity contribution in [2.24, 2.45) is 0 Å². The largest absolute Gasteiger partial charge is 0.435 e. The summed E-state index contributed by atoms with van der Waals surface area (Å²) in [5.74, 6) is 1.09. The van der Waals surface area contributed by atoms with Crippen molar-refractivity contribution in [2.45, 2.75) is 85.5 Å². The highest BCUT2D eigenvalue weighted by molar-refractivity contribution is 6.15. The van der Waals surface area contributed by atoms with Crippen LogP contribution in [0.15, 0.2) is 276 Å². The van der Waals surface area contributed by atoms with E-state index in [2.05, 4.69) is 346 Å². The van der Waals surface area contributed by atoms with E-state index in [4.69, 9.17) is 18.8 Å². The van der Waals surface area contributed by atoms with Gasteiger partial charge in [-0.3, -0.25) is 0 Å². The van der Waals surface area contributed by atoms with Crippen LogP contribution >= 0.6 is 0 Å². The van der Waals surface area contributed by atoms with Crippen molar-refractivity contribution < 1.29 is 8.83 Å². The number of anilines is 6. The van der Waals surface area contributed by atoms with Crippen molar-refractivity contribution in [1.29, 1.82) is 0 Å². The molecule has 0 N–H and O–H groups in total. The minimum Gasteiger partial charge on any atom is -0.435 e. The Bertz CT molecular complexity index is 4730. The summed E-state index contributed by atoms with van der Waals surface area (Å²) in [5, 5.41) is 0. The fourth-order valence-electron chi connectivity index (χ4n) is 14.3. The number of hydrogen-bond donors (Lipinski definition) is 0. The van der Waals surface area contributed by atoms with Gasteiger partial charge >= 0.3 is 0 Å². The minimum atomic E-state index is -1.02. The van der Waals surface area contributed by atoms with E-state index >= 15 is 0 Å². The van der Waals surface area contributed by atoms with Crippen LogP contribution < -0.4 is 9.80 Å². The maximum absolute atomic E-state index is 7.75. The Kier molecular flexibility index (Phi) is 14.4. The third-order valence-corrected chi connectivity index (χ3v) is 19.1. The summed E-state index contributed by atoms with van der Waals surface area (Å²) in [7, 11) is 0. The number of fused-ring (bicyclic) bond motifs is 7. The second-order valence-corrected chi connectivity index (χ2v) is 27.1. The average molecular weight is 1210 g/mol.